The van der Waals surface area contributed by atoms with E-state index in [0.717, 1.165) is 50.3 Å². The van der Waals surface area contributed by atoms with E-state index in [-0.39, 0.29) is 11.8 Å². The van der Waals surface area contributed by atoms with Crippen LogP contribution in [0.4, 0.5) is 4.39 Å². The first-order chi connectivity index (χ1) is 15.4. The Morgan fingerprint density at radius 1 is 1.16 bits per heavy atom. The SMILES string of the molecule is C=C1c2ccccc2CN1CC1CCN(CC(C)(OC(=O)CC)c2ccc(F)cc2)CC1. The fourth-order valence-electron chi connectivity index (χ4n) is 4.96. The van der Waals surface area contributed by atoms with Gasteiger partial charge in [-0.2, -0.15) is 0 Å². The van der Waals surface area contributed by atoms with Crippen LogP contribution in [0.3, 0.4) is 0 Å². The zero-order chi connectivity index (χ0) is 22.7. The molecule has 0 aromatic heterocycles. The Bertz CT molecular complexity index is 966. The zero-order valence-corrected chi connectivity index (χ0v) is 19.1. The summed E-state index contributed by atoms with van der Waals surface area (Å²) in [4.78, 5) is 16.9. The highest BCUT2D eigenvalue weighted by molar-refractivity contribution is 5.70. The van der Waals surface area contributed by atoms with Crippen molar-refractivity contribution < 1.29 is 13.9 Å². The molecule has 32 heavy (non-hydrogen) atoms. The van der Waals surface area contributed by atoms with E-state index in [1.807, 2.05) is 6.92 Å². The fraction of sp³-hybridized carbons (Fsp3) is 0.444. The molecule has 0 amide bonds. The molecular weight excluding hydrogens is 403 g/mol. The van der Waals surface area contributed by atoms with Gasteiger partial charge in [0.05, 0.1) is 0 Å². The number of hydrogen-bond acceptors (Lipinski definition) is 4. The number of carbonyl (C=O) groups excluding carboxylic acids is 1. The van der Waals surface area contributed by atoms with Crippen LogP contribution in [0, 0.1) is 11.7 Å². The van der Waals surface area contributed by atoms with E-state index >= 15 is 0 Å². The number of esters is 1. The van der Waals surface area contributed by atoms with Crippen LogP contribution in [0.5, 0.6) is 0 Å². The number of likely N-dealkylation sites (tertiary alicyclic amines) is 1. The second-order valence-corrected chi connectivity index (χ2v) is 9.27. The summed E-state index contributed by atoms with van der Waals surface area (Å²) < 4.78 is 19.3. The van der Waals surface area contributed by atoms with Crippen LogP contribution in [0.1, 0.15) is 49.8 Å². The van der Waals surface area contributed by atoms with Gasteiger partial charge >= 0.3 is 5.97 Å². The molecule has 0 N–H and O–H groups in total. The van der Waals surface area contributed by atoms with Gasteiger partial charge in [-0.05, 0) is 62.0 Å². The van der Waals surface area contributed by atoms with Crippen molar-refractivity contribution in [3.05, 3.63) is 77.6 Å². The molecule has 4 nitrogen and oxygen atoms in total. The van der Waals surface area contributed by atoms with Gasteiger partial charge in [0, 0.05) is 37.3 Å². The molecule has 0 radical (unpaired) electrons. The van der Waals surface area contributed by atoms with Crippen LogP contribution in [0.15, 0.2) is 55.1 Å². The Balaban J connectivity index is 1.36. The van der Waals surface area contributed by atoms with Crippen molar-refractivity contribution >= 4 is 11.7 Å². The molecule has 0 spiro atoms. The van der Waals surface area contributed by atoms with Gasteiger partial charge < -0.3 is 9.64 Å². The second kappa shape index (κ2) is 9.45. The van der Waals surface area contributed by atoms with Crippen molar-refractivity contribution in [2.24, 2.45) is 5.92 Å². The predicted molar refractivity (Wildman–Crippen MR) is 125 cm³/mol. The van der Waals surface area contributed by atoms with Gasteiger partial charge in [-0.15, -0.1) is 0 Å². The molecule has 5 heteroatoms. The number of nitrogens with zero attached hydrogens (tertiary/aromatic N) is 2. The van der Waals surface area contributed by atoms with Crippen LogP contribution in [-0.4, -0.2) is 41.9 Å². The molecule has 1 fully saturated rings. The molecule has 4 rings (SSSR count). The summed E-state index contributed by atoms with van der Waals surface area (Å²) in [5, 5.41) is 0. The van der Waals surface area contributed by atoms with E-state index in [9.17, 15) is 9.18 Å². The van der Waals surface area contributed by atoms with E-state index < -0.39 is 5.60 Å². The van der Waals surface area contributed by atoms with Gasteiger partial charge in [0.1, 0.15) is 11.4 Å². The van der Waals surface area contributed by atoms with Gasteiger partial charge in [0.25, 0.3) is 0 Å². The maximum absolute atomic E-state index is 13.5. The molecule has 2 aliphatic rings. The first-order valence-corrected chi connectivity index (χ1v) is 11.6. The molecule has 2 aromatic rings. The quantitative estimate of drug-likeness (QED) is 0.559. The summed E-state index contributed by atoms with van der Waals surface area (Å²) in [6.45, 7) is 12.6. The molecule has 1 unspecified atom stereocenters. The third kappa shape index (κ3) is 4.88. The number of rotatable bonds is 7. The Morgan fingerprint density at radius 2 is 1.84 bits per heavy atom. The standard InChI is InChI=1S/C27H33FN2O2/c1-4-26(31)32-27(3,23-9-11-24(28)12-10-23)19-29-15-13-21(14-16-29)17-30-18-22-7-5-6-8-25(22)20(30)2/h5-12,21H,2,4,13-19H2,1,3H3. The molecule has 1 atom stereocenters. The highest BCUT2D eigenvalue weighted by atomic mass is 19.1. The Hall–Kier alpha value is -2.66. The summed E-state index contributed by atoms with van der Waals surface area (Å²) in [6.07, 6.45) is 2.52. The highest BCUT2D eigenvalue weighted by Crippen LogP contribution is 2.34. The minimum atomic E-state index is -0.793. The van der Waals surface area contributed by atoms with Gasteiger partial charge in [-0.25, -0.2) is 4.39 Å². The number of ether oxygens (including phenoxy) is 1. The fourth-order valence-corrected chi connectivity index (χ4v) is 4.96. The molecule has 0 saturated carbocycles. The number of fused-ring (bicyclic) bond motifs is 1. The van der Waals surface area contributed by atoms with Gasteiger partial charge in [0.2, 0.25) is 0 Å². The van der Waals surface area contributed by atoms with Crippen molar-refractivity contribution in [3.8, 4) is 0 Å². The van der Waals surface area contributed by atoms with Crippen LogP contribution in [0.2, 0.25) is 0 Å². The van der Waals surface area contributed by atoms with E-state index in [1.54, 1.807) is 19.1 Å². The normalized spacial score (nSPS) is 19.0. The maximum Gasteiger partial charge on any atom is 0.306 e. The van der Waals surface area contributed by atoms with Gasteiger partial charge in [0.15, 0.2) is 0 Å². The van der Waals surface area contributed by atoms with E-state index in [2.05, 4.69) is 40.6 Å². The summed E-state index contributed by atoms with van der Waals surface area (Å²) in [5.74, 6) is 0.0933. The summed E-state index contributed by atoms with van der Waals surface area (Å²) >= 11 is 0. The molecule has 170 valence electrons. The number of hydrogen-bond donors (Lipinski definition) is 0. The van der Waals surface area contributed by atoms with Crippen molar-refractivity contribution in [2.45, 2.75) is 45.3 Å². The topological polar surface area (TPSA) is 32.8 Å². The van der Waals surface area contributed by atoms with Crippen molar-refractivity contribution in [2.75, 3.05) is 26.2 Å². The Kier molecular flexibility index (Phi) is 6.66. The number of benzene rings is 2. The molecule has 0 aliphatic carbocycles. The zero-order valence-electron chi connectivity index (χ0n) is 19.1. The van der Waals surface area contributed by atoms with Crippen LogP contribution in [0.25, 0.3) is 5.70 Å². The molecule has 2 aliphatic heterocycles. The Labute approximate surface area is 190 Å². The maximum atomic E-state index is 13.5. The number of carbonyl (C=O) groups is 1. The van der Waals surface area contributed by atoms with Crippen LogP contribution in [-0.2, 0) is 21.7 Å². The van der Waals surface area contributed by atoms with Crippen molar-refractivity contribution in [1.82, 2.24) is 9.80 Å². The van der Waals surface area contributed by atoms with E-state index in [0.29, 0.717) is 18.9 Å². The average molecular weight is 437 g/mol. The molecule has 1 saturated heterocycles. The predicted octanol–water partition coefficient (Wildman–Crippen LogP) is 5.19. The second-order valence-electron chi connectivity index (χ2n) is 9.27. The third-order valence-corrected chi connectivity index (χ3v) is 6.86. The molecule has 2 heterocycles. The van der Waals surface area contributed by atoms with E-state index in [1.165, 1.54) is 23.3 Å². The molecular formula is C27H33FN2O2. The van der Waals surface area contributed by atoms with Crippen LogP contribution < -0.4 is 0 Å². The lowest BCUT2D eigenvalue weighted by Crippen LogP contribution is -2.46. The first kappa shape index (κ1) is 22.5. The van der Waals surface area contributed by atoms with E-state index in [4.69, 9.17) is 4.74 Å². The van der Waals surface area contributed by atoms with Crippen molar-refractivity contribution in [1.29, 1.82) is 0 Å². The lowest BCUT2D eigenvalue weighted by Gasteiger charge is -2.40. The minimum Gasteiger partial charge on any atom is -0.453 e. The molecule has 0 bridgehead atoms. The highest BCUT2D eigenvalue weighted by Gasteiger charge is 2.35. The number of halogens is 1. The van der Waals surface area contributed by atoms with Crippen LogP contribution >= 0.6 is 0 Å². The number of piperidine rings is 1. The first-order valence-electron chi connectivity index (χ1n) is 11.6. The third-order valence-electron chi connectivity index (χ3n) is 6.86. The lowest BCUT2D eigenvalue weighted by atomic mass is 9.91. The molecule has 2 aromatic carbocycles. The summed E-state index contributed by atoms with van der Waals surface area (Å²) in [5.41, 5.74) is 3.81. The largest absolute Gasteiger partial charge is 0.453 e. The average Bonchev–Trinajstić information content (AvgIpc) is 3.10. The monoisotopic (exact) mass is 436 g/mol. The minimum absolute atomic E-state index is 0.237. The van der Waals surface area contributed by atoms with Gasteiger partial charge in [-0.1, -0.05) is 49.9 Å². The summed E-state index contributed by atoms with van der Waals surface area (Å²) in [6, 6.07) is 14.8. The Morgan fingerprint density at radius 3 is 2.50 bits per heavy atom. The summed E-state index contributed by atoms with van der Waals surface area (Å²) in [7, 11) is 0. The van der Waals surface area contributed by atoms with Gasteiger partial charge in [-0.3, -0.25) is 9.69 Å². The smallest absolute Gasteiger partial charge is 0.306 e. The van der Waals surface area contributed by atoms with Crippen molar-refractivity contribution in [3.63, 3.8) is 0 Å². The lowest BCUT2D eigenvalue weighted by molar-refractivity contribution is -0.161.